The fraction of sp³-hybridized carbons (Fsp3) is 1.00. The van der Waals surface area contributed by atoms with Gasteiger partial charge < -0.3 is 0 Å². The lowest BCUT2D eigenvalue weighted by molar-refractivity contribution is 0.308. The summed E-state index contributed by atoms with van der Waals surface area (Å²) in [5.74, 6) is 10.2. The first-order chi connectivity index (χ1) is 18.9. The van der Waals surface area contributed by atoms with Crippen LogP contribution in [-0.2, 0) is 0 Å². The van der Waals surface area contributed by atoms with Crippen molar-refractivity contribution in [2.24, 2.45) is 59.2 Å². The second-order valence-electron chi connectivity index (χ2n) is 16.8. The summed E-state index contributed by atoms with van der Waals surface area (Å²) in [5, 5.41) is 0. The quantitative estimate of drug-likeness (QED) is 0.251. The average molecular weight is 627 g/mol. The van der Waals surface area contributed by atoms with E-state index < -0.39 is 0 Å². The molecule has 0 bridgehead atoms. The highest BCUT2D eigenvalue weighted by atomic mass is 14.2. The molecule has 0 aromatic heterocycles. The van der Waals surface area contributed by atoms with Crippen LogP contribution in [0, 0.1) is 59.2 Å². The van der Waals surface area contributed by atoms with Crippen molar-refractivity contribution in [2.45, 2.75) is 227 Å². The third-order valence-corrected chi connectivity index (χ3v) is 11.5. The van der Waals surface area contributed by atoms with Crippen LogP contribution >= 0.6 is 0 Å². The molecule has 0 saturated heterocycles. The van der Waals surface area contributed by atoms with E-state index in [0.29, 0.717) is 0 Å². The van der Waals surface area contributed by atoms with Gasteiger partial charge in [-0.2, -0.15) is 0 Å². The van der Waals surface area contributed by atoms with Crippen molar-refractivity contribution in [3.05, 3.63) is 0 Å². The smallest absolute Gasteiger partial charge is 0 e. The van der Waals surface area contributed by atoms with E-state index in [-0.39, 0.29) is 31.1 Å². The van der Waals surface area contributed by atoms with Gasteiger partial charge in [0.15, 0.2) is 0 Å². The number of rotatable bonds is 0. The zero-order valence-electron chi connectivity index (χ0n) is 29.9. The molecule has 0 amide bonds. The Morgan fingerprint density at radius 1 is 0.182 bits per heavy atom. The zero-order valence-corrected chi connectivity index (χ0v) is 29.9. The Hall–Kier alpha value is 0. The van der Waals surface area contributed by atoms with E-state index in [4.69, 9.17) is 0 Å². The van der Waals surface area contributed by atoms with Gasteiger partial charge in [0.25, 0.3) is 0 Å². The van der Waals surface area contributed by atoms with Gasteiger partial charge in [0.2, 0.25) is 0 Å². The van der Waals surface area contributed by atoms with Crippen LogP contribution in [0.15, 0.2) is 0 Å². The van der Waals surface area contributed by atoms with E-state index in [0.717, 1.165) is 59.2 Å². The van der Waals surface area contributed by atoms with Crippen LogP contribution < -0.4 is 0 Å². The van der Waals surface area contributed by atoms with Crippen LogP contribution in [0.25, 0.3) is 0 Å². The molecule has 5 fully saturated rings. The topological polar surface area (TPSA) is 0 Å². The molecule has 0 heteroatoms. The fourth-order valence-corrected chi connectivity index (χ4v) is 7.13. The van der Waals surface area contributed by atoms with E-state index in [9.17, 15) is 0 Å². The maximum Gasteiger partial charge on any atom is 0 e. The molecule has 0 spiro atoms. The Bertz CT molecular complexity index is 365. The highest BCUT2D eigenvalue weighted by Crippen LogP contribution is 2.30. The van der Waals surface area contributed by atoms with E-state index in [1.807, 2.05) is 0 Å². The molecular formula is C44H98. The van der Waals surface area contributed by atoms with Crippen LogP contribution in [0.3, 0.4) is 0 Å². The van der Waals surface area contributed by atoms with Crippen LogP contribution in [0.5, 0.6) is 0 Å². The van der Waals surface area contributed by atoms with Gasteiger partial charge in [-0.25, -0.2) is 0 Å². The molecule has 0 aliphatic heterocycles. The minimum atomic E-state index is 0. The van der Waals surface area contributed by atoms with E-state index in [2.05, 4.69) is 69.2 Å². The van der Waals surface area contributed by atoms with Crippen molar-refractivity contribution in [2.75, 3.05) is 0 Å². The first-order valence-electron chi connectivity index (χ1n) is 18.9. The molecule has 5 aliphatic carbocycles. The van der Waals surface area contributed by atoms with Crippen molar-refractivity contribution >= 4 is 0 Å². The molecule has 44 heavy (non-hydrogen) atoms. The lowest BCUT2D eigenvalue weighted by Gasteiger charge is -2.22. The summed E-state index contributed by atoms with van der Waals surface area (Å²) < 4.78 is 0. The normalized spacial score (nSPS) is 36.1. The molecule has 0 aromatic rings. The Labute approximate surface area is 287 Å². The van der Waals surface area contributed by atoms with Gasteiger partial charge in [-0.15, -0.1) is 0 Å². The molecule has 0 nitrogen and oxygen atoms in total. The molecule has 0 heterocycles. The summed E-state index contributed by atoms with van der Waals surface area (Å²) in [4.78, 5) is 0. The van der Waals surface area contributed by atoms with Gasteiger partial charge in [0.05, 0.1) is 0 Å². The number of hydrogen-bond acceptors (Lipinski definition) is 0. The second-order valence-corrected chi connectivity index (χ2v) is 16.8. The third-order valence-electron chi connectivity index (χ3n) is 11.5. The second kappa shape index (κ2) is 30.3. The van der Waals surface area contributed by atoms with Gasteiger partial charge in [0, 0.05) is 1.43 Å². The Balaban J connectivity index is -0.000000144. The predicted octanol–water partition coefficient (Wildman–Crippen LogP) is 17.0. The molecule has 0 atom stereocenters. The van der Waals surface area contributed by atoms with Crippen LogP contribution in [0.1, 0.15) is 229 Å². The average Bonchev–Trinajstić information content (AvgIpc) is 2.94. The molecule has 0 aromatic carbocycles. The highest BCUT2D eigenvalue weighted by molar-refractivity contribution is 4.68. The molecule has 274 valence electrons. The Morgan fingerprint density at radius 3 is 0.273 bits per heavy atom. The van der Waals surface area contributed by atoms with E-state index >= 15 is 0 Å². The highest BCUT2D eigenvalue weighted by Gasteiger charge is 2.16. The van der Waals surface area contributed by atoms with Gasteiger partial charge in [-0.1, -0.05) is 227 Å². The van der Waals surface area contributed by atoms with Gasteiger partial charge in [-0.3, -0.25) is 0 Å². The molecular weight excluding hydrogens is 528 g/mol. The minimum absolute atomic E-state index is 0. The summed E-state index contributed by atoms with van der Waals surface area (Å²) >= 11 is 0. The summed E-state index contributed by atoms with van der Waals surface area (Å²) in [5.41, 5.74) is 0. The summed E-state index contributed by atoms with van der Waals surface area (Å²) in [6.07, 6.45) is 29.5. The van der Waals surface area contributed by atoms with Gasteiger partial charge >= 0.3 is 0 Å². The van der Waals surface area contributed by atoms with Crippen molar-refractivity contribution in [3.8, 4) is 0 Å². The molecule has 5 aliphatic rings. The van der Waals surface area contributed by atoms with Crippen LogP contribution in [0.2, 0.25) is 0 Å². The largest absolute Gasteiger partial charge is 0.0776 e. The zero-order chi connectivity index (χ0) is 29.9. The van der Waals surface area contributed by atoms with Crippen molar-refractivity contribution in [1.82, 2.24) is 0 Å². The Morgan fingerprint density at radius 2 is 0.227 bits per heavy atom. The van der Waals surface area contributed by atoms with Crippen LogP contribution in [-0.4, -0.2) is 0 Å². The minimum Gasteiger partial charge on any atom is -0.0776 e. The summed E-state index contributed by atoms with van der Waals surface area (Å²) in [6.45, 7) is 23.7. The first-order valence-corrected chi connectivity index (χ1v) is 18.9. The molecule has 0 radical (unpaired) electrons. The Kier molecular flexibility index (Phi) is 35.1. The fourth-order valence-electron chi connectivity index (χ4n) is 7.13. The standard InChI is InChI=1S/5C8H16.4CH4.H2/c5*1-7-3-5-8(2)6-4-7;;;;;/h5*7-8H,3-6H2,1-2H3;4*1H4;1H. The maximum absolute atomic E-state index is 2.37. The van der Waals surface area contributed by atoms with Crippen molar-refractivity contribution < 1.29 is 1.43 Å². The monoisotopic (exact) mass is 627 g/mol. The predicted molar refractivity (Wildman–Crippen MR) is 213 cm³/mol. The molecule has 0 N–H and O–H groups in total. The van der Waals surface area contributed by atoms with Gasteiger partial charge in [-0.05, 0) is 59.2 Å². The maximum atomic E-state index is 2.37. The van der Waals surface area contributed by atoms with Crippen molar-refractivity contribution in [3.63, 3.8) is 0 Å². The summed E-state index contributed by atoms with van der Waals surface area (Å²) in [7, 11) is 0. The van der Waals surface area contributed by atoms with Crippen LogP contribution in [0.4, 0.5) is 0 Å². The lowest BCUT2D eigenvalue weighted by Crippen LogP contribution is -2.08. The summed E-state index contributed by atoms with van der Waals surface area (Å²) in [6, 6.07) is 0. The van der Waals surface area contributed by atoms with Crippen molar-refractivity contribution in [1.29, 1.82) is 0 Å². The molecule has 5 rings (SSSR count). The van der Waals surface area contributed by atoms with E-state index in [1.165, 1.54) is 128 Å². The SMILES string of the molecule is C.C.C.C.CC1CCC(C)CC1.CC1CCC(C)CC1.CC1CCC(C)CC1.CC1CCC(C)CC1.CC1CCC(C)CC1.[HH]. The first kappa shape index (κ1) is 50.8. The third kappa shape index (κ3) is 28.2. The van der Waals surface area contributed by atoms with E-state index in [1.54, 1.807) is 0 Å². The van der Waals surface area contributed by atoms with Gasteiger partial charge in [0.1, 0.15) is 0 Å². The number of hydrogen-bond donors (Lipinski definition) is 0. The lowest BCUT2D eigenvalue weighted by atomic mass is 9.84. The molecule has 5 saturated carbocycles. The molecule has 0 unspecified atom stereocenters.